The van der Waals surface area contributed by atoms with Gasteiger partial charge in [-0.25, -0.2) is 0 Å². The summed E-state index contributed by atoms with van der Waals surface area (Å²) in [4.78, 5) is 24.4. The van der Waals surface area contributed by atoms with E-state index >= 15 is 0 Å². The van der Waals surface area contributed by atoms with Crippen LogP contribution in [0, 0.1) is 11.8 Å². The molecular formula is C22H33NO4. The van der Waals surface area contributed by atoms with Crippen LogP contribution in [0.5, 0.6) is 5.75 Å². The van der Waals surface area contributed by atoms with Crippen LogP contribution in [0.3, 0.4) is 0 Å². The van der Waals surface area contributed by atoms with Gasteiger partial charge in [0.25, 0.3) is 0 Å². The summed E-state index contributed by atoms with van der Waals surface area (Å²) in [6.07, 6.45) is 2.86. The smallest absolute Gasteiger partial charge is 0.307 e. The van der Waals surface area contributed by atoms with Crippen molar-refractivity contribution < 1.29 is 19.8 Å². The summed E-state index contributed by atoms with van der Waals surface area (Å²) < 4.78 is 0. The van der Waals surface area contributed by atoms with Gasteiger partial charge in [0, 0.05) is 16.8 Å². The van der Waals surface area contributed by atoms with Crippen molar-refractivity contribution in [3.63, 3.8) is 0 Å². The summed E-state index contributed by atoms with van der Waals surface area (Å²) in [5.41, 5.74) is 1.56. The number of phenols is 1. The van der Waals surface area contributed by atoms with Crippen molar-refractivity contribution in [2.24, 2.45) is 11.8 Å². The van der Waals surface area contributed by atoms with Crippen molar-refractivity contribution in [2.75, 3.05) is 5.32 Å². The van der Waals surface area contributed by atoms with Gasteiger partial charge < -0.3 is 15.5 Å². The van der Waals surface area contributed by atoms with Crippen LogP contribution < -0.4 is 5.32 Å². The van der Waals surface area contributed by atoms with Crippen LogP contribution in [0.25, 0.3) is 0 Å². The predicted octanol–water partition coefficient (Wildman–Crippen LogP) is 4.82. The minimum Gasteiger partial charge on any atom is -0.507 e. The number of carboxylic acid groups (broad SMARTS) is 1. The van der Waals surface area contributed by atoms with Gasteiger partial charge in [-0.05, 0) is 35.8 Å². The number of amides is 1. The van der Waals surface area contributed by atoms with Crippen LogP contribution in [0.15, 0.2) is 12.1 Å². The predicted molar refractivity (Wildman–Crippen MR) is 107 cm³/mol. The van der Waals surface area contributed by atoms with Crippen LogP contribution in [0.4, 0.5) is 5.69 Å². The number of phenolic OH excluding ortho intramolecular Hbond substituents is 1. The molecule has 1 saturated carbocycles. The lowest BCUT2D eigenvalue weighted by molar-refractivity contribution is -0.147. The largest absolute Gasteiger partial charge is 0.507 e. The van der Waals surface area contributed by atoms with E-state index in [0.717, 1.165) is 24.0 Å². The highest BCUT2D eigenvalue weighted by molar-refractivity contribution is 5.95. The molecule has 1 aliphatic carbocycles. The van der Waals surface area contributed by atoms with Crippen LogP contribution in [0.1, 0.15) is 78.4 Å². The fourth-order valence-corrected chi connectivity index (χ4v) is 3.83. The minimum absolute atomic E-state index is 0.243. The Morgan fingerprint density at radius 2 is 1.37 bits per heavy atom. The Morgan fingerprint density at radius 1 is 0.926 bits per heavy atom. The molecule has 0 saturated heterocycles. The second-order valence-corrected chi connectivity index (χ2v) is 9.74. The molecule has 5 heteroatoms. The Morgan fingerprint density at radius 3 is 1.78 bits per heavy atom. The number of benzene rings is 1. The van der Waals surface area contributed by atoms with Gasteiger partial charge in [0.1, 0.15) is 5.75 Å². The maximum atomic E-state index is 12.9. The Hall–Kier alpha value is -2.04. The van der Waals surface area contributed by atoms with E-state index in [1.807, 2.05) is 41.5 Å². The maximum Gasteiger partial charge on any atom is 0.307 e. The zero-order chi connectivity index (χ0) is 20.6. The van der Waals surface area contributed by atoms with Gasteiger partial charge in [0.2, 0.25) is 5.91 Å². The first-order valence-electron chi connectivity index (χ1n) is 9.74. The Kier molecular flexibility index (Phi) is 5.93. The number of carbonyl (C=O) groups excluding carboxylic acids is 1. The molecule has 1 aromatic rings. The third-order valence-corrected chi connectivity index (χ3v) is 5.41. The molecular weight excluding hydrogens is 342 g/mol. The monoisotopic (exact) mass is 375 g/mol. The first kappa shape index (κ1) is 21.3. The summed E-state index contributed by atoms with van der Waals surface area (Å²) >= 11 is 0. The molecule has 5 nitrogen and oxygen atoms in total. The molecule has 1 aliphatic rings. The fraction of sp³-hybridized carbons (Fsp3) is 0.636. The van der Waals surface area contributed by atoms with E-state index in [2.05, 4.69) is 5.32 Å². The van der Waals surface area contributed by atoms with Gasteiger partial charge in [-0.1, -0.05) is 54.4 Å². The van der Waals surface area contributed by atoms with Crippen LogP contribution in [-0.2, 0) is 20.4 Å². The topological polar surface area (TPSA) is 86.6 Å². The van der Waals surface area contributed by atoms with Crippen LogP contribution in [-0.4, -0.2) is 22.1 Å². The first-order valence-corrected chi connectivity index (χ1v) is 9.74. The van der Waals surface area contributed by atoms with E-state index in [9.17, 15) is 19.8 Å². The number of aliphatic carboxylic acids is 1. The van der Waals surface area contributed by atoms with E-state index in [4.69, 9.17) is 0 Å². The molecule has 0 bridgehead atoms. The number of aromatic hydroxyl groups is 1. The van der Waals surface area contributed by atoms with E-state index in [-0.39, 0.29) is 22.5 Å². The molecule has 1 aromatic carbocycles. The standard InChI is InChI=1S/C22H33NO4/c1-21(2,3)16-11-13(12-17(18(16)24)22(4,5)6)23-19(25)14-9-7-8-10-15(14)20(26)27/h11-12,14-15,24H,7-10H2,1-6H3,(H,23,25)(H,26,27)/t14-,15+/m0/s1. The number of nitrogens with one attached hydrogen (secondary N) is 1. The molecule has 2 atom stereocenters. The molecule has 2 rings (SSSR count). The highest BCUT2D eigenvalue weighted by Gasteiger charge is 2.36. The third-order valence-electron chi connectivity index (χ3n) is 5.41. The molecule has 27 heavy (non-hydrogen) atoms. The summed E-state index contributed by atoms with van der Waals surface area (Å²) in [5, 5.41) is 23.2. The van der Waals surface area contributed by atoms with Crippen LogP contribution >= 0.6 is 0 Å². The molecule has 0 aliphatic heterocycles. The minimum atomic E-state index is -0.897. The molecule has 3 N–H and O–H groups in total. The summed E-state index contributed by atoms with van der Waals surface area (Å²) in [6, 6.07) is 3.61. The normalized spacial score (nSPS) is 21.0. The first-order chi connectivity index (χ1) is 12.3. The van der Waals surface area contributed by atoms with Crippen LogP contribution in [0.2, 0.25) is 0 Å². The number of carboxylic acids is 1. The van der Waals surface area contributed by atoms with Crippen molar-refractivity contribution in [3.05, 3.63) is 23.3 Å². The second-order valence-electron chi connectivity index (χ2n) is 9.74. The lowest BCUT2D eigenvalue weighted by Crippen LogP contribution is -2.36. The van der Waals surface area contributed by atoms with Gasteiger partial charge in [0.15, 0.2) is 0 Å². The molecule has 1 amide bonds. The number of rotatable bonds is 3. The summed E-state index contributed by atoms with van der Waals surface area (Å²) in [6.45, 7) is 12.1. The molecule has 0 unspecified atom stereocenters. The number of carbonyl (C=O) groups is 2. The van der Waals surface area contributed by atoms with E-state index < -0.39 is 17.8 Å². The zero-order valence-corrected chi connectivity index (χ0v) is 17.3. The van der Waals surface area contributed by atoms with Crippen molar-refractivity contribution in [1.29, 1.82) is 0 Å². The van der Waals surface area contributed by atoms with Gasteiger partial charge in [0.05, 0.1) is 11.8 Å². The van der Waals surface area contributed by atoms with Crippen molar-refractivity contribution in [1.82, 2.24) is 0 Å². The lowest BCUT2D eigenvalue weighted by Gasteiger charge is -2.30. The summed E-state index contributed by atoms with van der Waals surface area (Å²) in [7, 11) is 0. The molecule has 0 spiro atoms. The van der Waals surface area contributed by atoms with E-state index in [1.54, 1.807) is 12.1 Å². The summed E-state index contributed by atoms with van der Waals surface area (Å²) in [5.74, 6) is -2.02. The number of anilines is 1. The van der Waals surface area contributed by atoms with Crippen molar-refractivity contribution in [2.45, 2.75) is 78.1 Å². The lowest BCUT2D eigenvalue weighted by atomic mass is 9.78. The molecule has 0 heterocycles. The molecule has 1 fully saturated rings. The number of hydrogen-bond acceptors (Lipinski definition) is 3. The number of hydrogen-bond donors (Lipinski definition) is 3. The Balaban J connectivity index is 2.40. The van der Waals surface area contributed by atoms with Crippen molar-refractivity contribution >= 4 is 17.6 Å². The van der Waals surface area contributed by atoms with E-state index in [0.29, 0.717) is 18.5 Å². The van der Waals surface area contributed by atoms with Gasteiger partial charge >= 0.3 is 5.97 Å². The van der Waals surface area contributed by atoms with Gasteiger partial charge in [-0.15, -0.1) is 0 Å². The van der Waals surface area contributed by atoms with Gasteiger partial charge in [-0.3, -0.25) is 9.59 Å². The highest BCUT2D eigenvalue weighted by atomic mass is 16.4. The quantitative estimate of drug-likeness (QED) is 0.661. The molecule has 150 valence electrons. The maximum absolute atomic E-state index is 12.9. The Labute approximate surface area is 162 Å². The Bertz CT molecular complexity index is 690. The van der Waals surface area contributed by atoms with Crippen molar-refractivity contribution in [3.8, 4) is 5.75 Å². The van der Waals surface area contributed by atoms with Gasteiger partial charge in [-0.2, -0.15) is 0 Å². The molecule has 0 aromatic heterocycles. The second kappa shape index (κ2) is 7.53. The third kappa shape index (κ3) is 4.82. The average molecular weight is 376 g/mol. The van der Waals surface area contributed by atoms with E-state index in [1.165, 1.54) is 0 Å². The molecule has 0 radical (unpaired) electrons. The fourth-order valence-electron chi connectivity index (χ4n) is 3.83. The highest BCUT2D eigenvalue weighted by Crippen LogP contribution is 2.41. The average Bonchev–Trinajstić information content (AvgIpc) is 2.54. The zero-order valence-electron chi connectivity index (χ0n) is 17.3. The SMILES string of the molecule is CC(C)(C)c1cc(NC(=O)[C@H]2CCCC[C@H]2C(=O)O)cc(C(C)(C)C)c1O.